The van der Waals surface area contributed by atoms with E-state index in [1.165, 1.54) is 77.0 Å². The first-order chi connectivity index (χ1) is 15.1. The number of unbranched alkanes of at least 4 members (excludes halogenated alkanes) is 13. The summed E-state index contributed by atoms with van der Waals surface area (Å²) in [5.41, 5.74) is -0.562. The molecule has 0 aromatic heterocycles. The fourth-order valence-corrected chi connectivity index (χ4v) is 4.63. The van der Waals surface area contributed by atoms with Crippen LogP contribution in [0, 0.1) is 0 Å². The molecule has 0 saturated heterocycles. The van der Waals surface area contributed by atoms with Crippen LogP contribution in [0.3, 0.4) is 0 Å². The molecule has 0 rings (SSSR count). The third-order valence-corrected chi connectivity index (χ3v) is 6.61. The first-order valence-corrected chi connectivity index (χ1v) is 13.4. The number of hydrogen-bond donors (Lipinski definition) is 0. The molecule has 0 aromatic rings. The topological polar surface area (TPSA) is 36.9 Å². The van der Waals surface area contributed by atoms with Crippen LogP contribution in [0.2, 0.25) is 0 Å². The second-order valence-electron chi connectivity index (χ2n) is 9.11. The molecule has 0 fully saturated rings. The van der Waals surface area contributed by atoms with Crippen molar-refractivity contribution < 1.29 is 18.9 Å². The van der Waals surface area contributed by atoms with Gasteiger partial charge in [0, 0.05) is 27.9 Å². The lowest BCUT2D eigenvalue weighted by molar-refractivity contribution is -0.429. The summed E-state index contributed by atoms with van der Waals surface area (Å²) in [6, 6.07) is 0. The highest BCUT2D eigenvalue weighted by molar-refractivity contribution is 4.91. The molecule has 0 bridgehead atoms. The summed E-state index contributed by atoms with van der Waals surface area (Å²) in [5.74, 6) is -1.15. The Kier molecular flexibility index (Phi) is 20.3. The molecular formula is C27H56O4. The van der Waals surface area contributed by atoms with Crippen molar-refractivity contribution in [2.24, 2.45) is 0 Å². The second-order valence-corrected chi connectivity index (χ2v) is 9.11. The molecule has 0 aliphatic rings. The van der Waals surface area contributed by atoms with E-state index in [0.29, 0.717) is 0 Å². The van der Waals surface area contributed by atoms with Gasteiger partial charge < -0.3 is 18.9 Å². The molecule has 0 heterocycles. The zero-order valence-electron chi connectivity index (χ0n) is 22.1. The van der Waals surface area contributed by atoms with Gasteiger partial charge in [-0.1, -0.05) is 117 Å². The smallest absolute Gasteiger partial charge is 0.313 e. The van der Waals surface area contributed by atoms with E-state index in [-0.39, 0.29) is 0 Å². The average molecular weight is 445 g/mol. The number of ether oxygens (including phenoxy) is 4. The van der Waals surface area contributed by atoms with E-state index in [2.05, 4.69) is 20.8 Å². The van der Waals surface area contributed by atoms with Crippen LogP contribution in [0.4, 0.5) is 0 Å². The highest BCUT2D eigenvalue weighted by Crippen LogP contribution is 2.40. The largest absolute Gasteiger partial charge is 0.367 e. The molecule has 1 atom stereocenters. The molecule has 0 radical (unpaired) electrons. The van der Waals surface area contributed by atoms with Gasteiger partial charge >= 0.3 is 5.97 Å². The third-order valence-electron chi connectivity index (χ3n) is 6.61. The summed E-state index contributed by atoms with van der Waals surface area (Å²) < 4.78 is 24.2. The molecule has 0 saturated carbocycles. The molecule has 1 unspecified atom stereocenters. The Morgan fingerprint density at radius 2 is 0.839 bits per heavy atom. The quantitative estimate of drug-likeness (QED) is 0.111. The maximum absolute atomic E-state index is 6.67. The van der Waals surface area contributed by atoms with E-state index in [4.69, 9.17) is 18.9 Å². The number of rotatable bonds is 24. The van der Waals surface area contributed by atoms with E-state index in [1.807, 2.05) is 0 Å². The van der Waals surface area contributed by atoms with Gasteiger partial charge in [0.1, 0.15) is 5.60 Å². The molecule has 4 nitrogen and oxygen atoms in total. The van der Waals surface area contributed by atoms with Crippen molar-refractivity contribution in [2.75, 3.05) is 27.9 Å². The Bertz CT molecular complexity index is 362. The minimum Gasteiger partial charge on any atom is -0.367 e. The lowest BCUT2D eigenvalue weighted by Gasteiger charge is -2.46. The van der Waals surface area contributed by atoms with Gasteiger partial charge in [0.25, 0.3) is 0 Å². The third kappa shape index (κ3) is 12.0. The molecule has 0 spiro atoms. The van der Waals surface area contributed by atoms with Gasteiger partial charge in [-0.05, 0) is 19.3 Å². The van der Waals surface area contributed by atoms with E-state index >= 15 is 0 Å². The van der Waals surface area contributed by atoms with E-state index in [1.54, 1.807) is 21.3 Å². The maximum atomic E-state index is 6.67. The Morgan fingerprint density at radius 3 is 1.29 bits per heavy atom. The van der Waals surface area contributed by atoms with Gasteiger partial charge in [0.05, 0.1) is 0 Å². The lowest BCUT2D eigenvalue weighted by atomic mass is 9.86. The van der Waals surface area contributed by atoms with Crippen molar-refractivity contribution in [3.63, 3.8) is 0 Å². The van der Waals surface area contributed by atoms with Crippen molar-refractivity contribution >= 4 is 0 Å². The molecule has 0 amide bonds. The van der Waals surface area contributed by atoms with Gasteiger partial charge in [0.15, 0.2) is 0 Å². The normalized spacial score (nSPS) is 14.1. The number of hydrogen-bond acceptors (Lipinski definition) is 4. The first kappa shape index (κ1) is 30.8. The molecular weight excluding hydrogens is 388 g/mol. The van der Waals surface area contributed by atoms with Gasteiger partial charge in [-0.25, -0.2) is 0 Å². The van der Waals surface area contributed by atoms with Crippen molar-refractivity contribution in [3.05, 3.63) is 0 Å². The average Bonchev–Trinajstić information content (AvgIpc) is 2.80. The molecule has 0 aliphatic heterocycles. The molecule has 188 valence electrons. The van der Waals surface area contributed by atoms with Crippen molar-refractivity contribution in [1.82, 2.24) is 0 Å². The summed E-state index contributed by atoms with van der Waals surface area (Å²) in [6.45, 7) is 7.50. The fourth-order valence-electron chi connectivity index (χ4n) is 4.63. The minimum atomic E-state index is -1.15. The van der Waals surface area contributed by atoms with Crippen molar-refractivity contribution in [2.45, 2.75) is 148 Å². The number of methoxy groups -OCH3 is 3. The standard InChI is InChI=1S/C27H56O4/c1-7-10-13-15-17-18-20-22-25-31-26(23-12-9-3,27(28-4,29-5)30-6)24-21-19-16-14-11-8-2/h7-25H2,1-6H3. The Balaban J connectivity index is 4.90. The zero-order valence-corrected chi connectivity index (χ0v) is 22.1. The van der Waals surface area contributed by atoms with Gasteiger partial charge in [-0.3, -0.25) is 0 Å². The maximum Gasteiger partial charge on any atom is 0.313 e. The molecule has 0 aliphatic carbocycles. The Labute approximate surface area is 195 Å². The zero-order chi connectivity index (χ0) is 23.3. The second kappa shape index (κ2) is 20.4. The summed E-state index contributed by atoms with van der Waals surface area (Å²) in [6.07, 6.45) is 21.9. The van der Waals surface area contributed by atoms with Crippen LogP contribution in [-0.4, -0.2) is 39.5 Å². The first-order valence-electron chi connectivity index (χ1n) is 13.4. The van der Waals surface area contributed by atoms with Crippen molar-refractivity contribution in [1.29, 1.82) is 0 Å². The summed E-state index contributed by atoms with van der Waals surface area (Å²) in [4.78, 5) is 0. The van der Waals surface area contributed by atoms with Crippen molar-refractivity contribution in [3.8, 4) is 0 Å². The monoisotopic (exact) mass is 444 g/mol. The van der Waals surface area contributed by atoms with Gasteiger partial charge in [-0.2, -0.15) is 0 Å². The SMILES string of the molecule is CCCCCCCCCCOC(CCCC)(CCCCCCCC)C(OC)(OC)OC. The fraction of sp³-hybridized carbons (Fsp3) is 1.00. The van der Waals surface area contributed by atoms with Gasteiger partial charge in [-0.15, -0.1) is 0 Å². The van der Waals surface area contributed by atoms with E-state index in [9.17, 15) is 0 Å². The molecule has 0 N–H and O–H groups in total. The van der Waals surface area contributed by atoms with Crippen LogP contribution in [0.5, 0.6) is 0 Å². The van der Waals surface area contributed by atoms with Crippen LogP contribution in [-0.2, 0) is 18.9 Å². The van der Waals surface area contributed by atoms with E-state index < -0.39 is 11.6 Å². The Morgan fingerprint density at radius 1 is 0.452 bits per heavy atom. The minimum absolute atomic E-state index is 0.562. The summed E-state index contributed by atoms with van der Waals surface area (Å²) in [7, 11) is 5.03. The van der Waals surface area contributed by atoms with Crippen LogP contribution >= 0.6 is 0 Å². The predicted molar refractivity (Wildman–Crippen MR) is 133 cm³/mol. The Hall–Kier alpha value is -0.160. The highest BCUT2D eigenvalue weighted by atomic mass is 16.9. The van der Waals surface area contributed by atoms with E-state index in [0.717, 1.165) is 45.1 Å². The highest BCUT2D eigenvalue weighted by Gasteiger charge is 2.54. The lowest BCUT2D eigenvalue weighted by Crippen LogP contribution is -2.60. The predicted octanol–water partition coefficient (Wildman–Crippen LogP) is 8.42. The molecule has 4 heteroatoms. The van der Waals surface area contributed by atoms with Gasteiger partial charge in [0.2, 0.25) is 0 Å². The molecule has 0 aromatic carbocycles. The molecule has 31 heavy (non-hydrogen) atoms. The summed E-state index contributed by atoms with van der Waals surface area (Å²) in [5, 5.41) is 0. The van der Waals surface area contributed by atoms with Crippen LogP contribution in [0.1, 0.15) is 136 Å². The van der Waals surface area contributed by atoms with Crippen LogP contribution in [0.15, 0.2) is 0 Å². The van der Waals surface area contributed by atoms with Crippen LogP contribution in [0.25, 0.3) is 0 Å². The van der Waals surface area contributed by atoms with Crippen LogP contribution < -0.4 is 0 Å². The summed E-state index contributed by atoms with van der Waals surface area (Å²) >= 11 is 0.